The van der Waals surface area contributed by atoms with Crippen molar-refractivity contribution in [1.29, 1.82) is 0 Å². The average molecular weight is 382 g/mol. The van der Waals surface area contributed by atoms with Crippen LogP contribution in [0, 0.1) is 10.1 Å². The second-order valence-corrected chi connectivity index (χ2v) is 7.25. The molecule has 0 radical (unpaired) electrons. The first-order valence-corrected chi connectivity index (χ1v) is 9.50. The van der Waals surface area contributed by atoms with Gasteiger partial charge in [-0.25, -0.2) is 0 Å². The molecule has 0 bridgehead atoms. The van der Waals surface area contributed by atoms with Gasteiger partial charge >= 0.3 is 0 Å². The molecule has 2 aromatic rings. The minimum Gasteiger partial charge on any atom is -0.366 e. The Morgan fingerprint density at radius 2 is 1.86 bits per heavy atom. The molecule has 0 spiro atoms. The molecule has 1 saturated heterocycles. The monoisotopic (exact) mass is 382 g/mol. The van der Waals surface area contributed by atoms with Crippen molar-refractivity contribution in [3.63, 3.8) is 0 Å². The highest BCUT2D eigenvalue weighted by Gasteiger charge is 2.24. The highest BCUT2D eigenvalue weighted by atomic mass is 16.6. The van der Waals surface area contributed by atoms with Gasteiger partial charge in [-0.3, -0.25) is 14.9 Å². The first-order valence-electron chi connectivity index (χ1n) is 9.50. The Balaban J connectivity index is 1.74. The van der Waals surface area contributed by atoms with E-state index in [-0.39, 0.29) is 17.6 Å². The van der Waals surface area contributed by atoms with Crippen molar-refractivity contribution in [2.75, 3.05) is 38.6 Å². The lowest BCUT2D eigenvalue weighted by Crippen LogP contribution is -2.34. The van der Waals surface area contributed by atoms with Gasteiger partial charge in [0, 0.05) is 31.3 Å². The Bertz CT molecular complexity index is 833. The molecular weight excluding hydrogens is 356 g/mol. The maximum atomic E-state index is 12.6. The molecular formula is C21H26N4O3. The van der Waals surface area contributed by atoms with Gasteiger partial charge in [-0.1, -0.05) is 30.3 Å². The molecule has 2 aromatic carbocycles. The summed E-state index contributed by atoms with van der Waals surface area (Å²) in [5.74, 6) is -0.307. The van der Waals surface area contributed by atoms with Gasteiger partial charge < -0.3 is 15.1 Å². The van der Waals surface area contributed by atoms with Crippen molar-refractivity contribution in [3.05, 3.63) is 69.8 Å². The number of carbonyl (C=O) groups is 1. The fourth-order valence-corrected chi connectivity index (χ4v) is 3.60. The molecule has 7 nitrogen and oxygen atoms in total. The molecule has 1 fully saturated rings. The predicted molar refractivity (Wildman–Crippen MR) is 110 cm³/mol. The number of hydrogen-bond donors (Lipinski definition) is 1. The van der Waals surface area contributed by atoms with E-state index in [1.54, 1.807) is 12.1 Å². The fourth-order valence-electron chi connectivity index (χ4n) is 3.60. The lowest BCUT2D eigenvalue weighted by atomic mass is 10.1. The van der Waals surface area contributed by atoms with Crippen LogP contribution in [0.25, 0.3) is 0 Å². The maximum absolute atomic E-state index is 12.6. The third-order valence-electron chi connectivity index (χ3n) is 5.14. The summed E-state index contributed by atoms with van der Waals surface area (Å²) in [4.78, 5) is 27.8. The van der Waals surface area contributed by atoms with Crippen LogP contribution < -0.4 is 10.2 Å². The van der Waals surface area contributed by atoms with Crippen molar-refractivity contribution in [1.82, 2.24) is 10.2 Å². The van der Waals surface area contributed by atoms with E-state index in [2.05, 4.69) is 5.32 Å². The Morgan fingerprint density at radius 1 is 1.18 bits per heavy atom. The van der Waals surface area contributed by atoms with Crippen molar-refractivity contribution in [2.45, 2.75) is 18.9 Å². The Kier molecular flexibility index (Phi) is 6.26. The summed E-state index contributed by atoms with van der Waals surface area (Å²) in [6, 6.07) is 14.7. The molecule has 1 amide bonds. The molecule has 1 N–H and O–H groups in total. The summed E-state index contributed by atoms with van der Waals surface area (Å²) < 4.78 is 0. The molecule has 3 rings (SSSR count). The lowest BCUT2D eigenvalue weighted by molar-refractivity contribution is -0.384. The van der Waals surface area contributed by atoms with Gasteiger partial charge in [0.25, 0.3) is 11.6 Å². The van der Waals surface area contributed by atoms with Gasteiger partial charge in [-0.15, -0.1) is 0 Å². The van der Waals surface area contributed by atoms with Gasteiger partial charge in [-0.05, 0) is 44.6 Å². The molecule has 0 aromatic heterocycles. The molecule has 1 aliphatic rings. The van der Waals surface area contributed by atoms with E-state index in [0.717, 1.165) is 31.5 Å². The van der Waals surface area contributed by atoms with Gasteiger partial charge in [0.05, 0.1) is 11.0 Å². The molecule has 28 heavy (non-hydrogen) atoms. The highest BCUT2D eigenvalue weighted by Crippen LogP contribution is 2.31. The molecule has 1 unspecified atom stereocenters. The van der Waals surface area contributed by atoms with Crippen LogP contribution in [0.1, 0.15) is 34.8 Å². The fraction of sp³-hybridized carbons (Fsp3) is 0.381. The van der Waals surface area contributed by atoms with Crippen LogP contribution in [0.5, 0.6) is 0 Å². The third kappa shape index (κ3) is 4.48. The first-order chi connectivity index (χ1) is 13.5. The van der Waals surface area contributed by atoms with Crippen LogP contribution in [0.15, 0.2) is 48.5 Å². The summed E-state index contributed by atoms with van der Waals surface area (Å²) in [5.41, 5.74) is 1.99. The lowest BCUT2D eigenvalue weighted by Gasteiger charge is -2.25. The highest BCUT2D eigenvalue weighted by molar-refractivity contribution is 5.95. The van der Waals surface area contributed by atoms with E-state index in [1.165, 1.54) is 6.07 Å². The van der Waals surface area contributed by atoms with Gasteiger partial charge in [0.1, 0.15) is 5.69 Å². The van der Waals surface area contributed by atoms with Gasteiger partial charge in [-0.2, -0.15) is 0 Å². The van der Waals surface area contributed by atoms with Crippen LogP contribution in [-0.4, -0.2) is 49.5 Å². The number of nitro groups is 1. The van der Waals surface area contributed by atoms with Crippen molar-refractivity contribution in [2.24, 2.45) is 0 Å². The smallest absolute Gasteiger partial charge is 0.293 e. The summed E-state index contributed by atoms with van der Waals surface area (Å²) in [5, 5.41) is 14.5. The number of nitro benzene ring substituents is 1. The largest absolute Gasteiger partial charge is 0.366 e. The van der Waals surface area contributed by atoms with Crippen LogP contribution in [0.4, 0.5) is 11.4 Å². The minimum atomic E-state index is -0.406. The number of nitrogens with zero attached hydrogens (tertiary/aromatic N) is 3. The van der Waals surface area contributed by atoms with E-state index in [1.807, 2.05) is 54.2 Å². The maximum Gasteiger partial charge on any atom is 0.293 e. The minimum absolute atomic E-state index is 0.0123. The van der Waals surface area contributed by atoms with Gasteiger partial charge in [0.15, 0.2) is 0 Å². The number of hydrogen-bond acceptors (Lipinski definition) is 5. The Labute approximate surface area is 165 Å². The van der Waals surface area contributed by atoms with E-state index in [9.17, 15) is 14.9 Å². The van der Waals surface area contributed by atoms with E-state index >= 15 is 0 Å². The quantitative estimate of drug-likeness (QED) is 0.588. The summed E-state index contributed by atoms with van der Waals surface area (Å²) in [6.07, 6.45) is 2.07. The van der Waals surface area contributed by atoms with Crippen LogP contribution in [-0.2, 0) is 0 Å². The Morgan fingerprint density at radius 3 is 2.46 bits per heavy atom. The number of carbonyl (C=O) groups excluding carboxylic acids is 1. The molecule has 0 saturated carbocycles. The Hall–Kier alpha value is -2.93. The number of anilines is 1. The normalized spacial score (nSPS) is 14.9. The predicted octanol–water partition coefficient (Wildman–Crippen LogP) is 3.23. The van der Waals surface area contributed by atoms with Crippen molar-refractivity contribution < 1.29 is 9.72 Å². The van der Waals surface area contributed by atoms with Crippen LogP contribution in [0.2, 0.25) is 0 Å². The summed E-state index contributed by atoms with van der Waals surface area (Å²) in [6.45, 7) is 2.04. The molecule has 7 heteroatoms. The number of amides is 1. The topological polar surface area (TPSA) is 78.7 Å². The van der Waals surface area contributed by atoms with Gasteiger partial charge in [0.2, 0.25) is 0 Å². The standard InChI is InChI=1S/C21H26N4O3/c1-23(2)20(16-8-4-3-5-9-16)15-22-21(26)17-10-11-18(19(14-17)25(27)28)24-12-6-7-13-24/h3-5,8-11,14,20H,6-7,12-13,15H2,1-2H3,(H,22,26). The number of likely N-dealkylation sites (N-methyl/N-ethyl adjacent to an activating group) is 1. The van der Waals surface area contributed by atoms with Crippen LogP contribution in [0.3, 0.4) is 0 Å². The van der Waals surface area contributed by atoms with Crippen molar-refractivity contribution >= 4 is 17.3 Å². The van der Waals surface area contributed by atoms with E-state index in [4.69, 9.17) is 0 Å². The SMILES string of the molecule is CN(C)C(CNC(=O)c1ccc(N2CCCC2)c([N+](=O)[O-])c1)c1ccccc1. The zero-order chi connectivity index (χ0) is 20.1. The average Bonchev–Trinajstić information content (AvgIpc) is 3.22. The number of benzene rings is 2. The summed E-state index contributed by atoms with van der Waals surface area (Å²) >= 11 is 0. The third-order valence-corrected chi connectivity index (χ3v) is 5.14. The van der Waals surface area contributed by atoms with Crippen LogP contribution >= 0.6 is 0 Å². The molecule has 0 aliphatic carbocycles. The molecule has 148 valence electrons. The number of rotatable bonds is 7. The van der Waals surface area contributed by atoms with E-state index < -0.39 is 4.92 Å². The van der Waals surface area contributed by atoms with E-state index in [0.29, 0.717) is 17.8 Å². The zero-order valence-corrected chi connectivity index (χ0v) is 16.3. The zero-order valence-electron chi connectivity index (χ0n) is 16.3. The second-order valence-electron chi connectivity index (χ2n) is 7.25. The molecule has 1 heterocycles. The molecule has 1 atom stereocenters. The molecule has 1 aliphatic heterocycles. The first kappa shape index (κ1) is 19.8. The number of nitrogens with one attached hydrogen (secondary N) is 1. The summed E-state index contributed by atoms with van der Waals surface area (Å²) in [7, 11) is 3.92. The van der Waals surface area contributed by atoms with Crippen molar-refractivity contribution in [3.8, 4) is 0 Å². The second kappa shape index (κ2) is 8.84.